The largest absolute Gasteiger partial charge is 0.467 e. The SMILES string of the molecule is O=C(Cc1ccc2oc(=O)[nH]c2c1)NCc1ccco1. The summed E-state index contributed by atoms with van der Waals surface area (Å²) in [5, 5.41) is 2.76. The van der Waals surface area contributed by atoms with Gasteiger partial charge in [-0.1, -0.05) is 6.07 Å². The molecule has 0 atom stereocenters. The molecule has 6 nitrogen and oxygen atoms in total. The summed E-state index contributed by atoms with van der Waals surface area (Å²) in [7, 11) is 0. The van der Waals surface area contributed by atoms with Gasteiger partial charge in [-0.15, -0.1) is 0 Å². The van der Waals surface area contributed by atoms with Crippen molar-refractivity contribution in [3.05, 3.63) is 58.5 Å². The average molecular weight is 272 g/mol. The Balaban J connectivity index is 1.66. The summed E-state index contributed by atoms with van der Waals surface area (Å²) < 4.78 is 10.0. The van der Waals surface area contributed by atoms with E-state index < -0.39 is 5.76 Å². The zero-order chi connectivity index (χ0) is 13.9. The summed E-state index contributed by atoms with van der Waals surface area (Å²) in [6, 6.07) is 8.72. The fraction of sp³-hybridized carbons (Fsp3) is 0.143. The molecule has 3 rings (SSSR count). The van der Waals surface area contributed by atoms with Crippen LogP contribution in [0.3, 0.4) is 0 Å². The number of rotatable bonds is 4. The number of oxazole rings is 1. The minimum Gasteiger partial charge on any atom is -0.467 e. The Bertz CT molecular complexity index is 783. The highest BCUT2D eigenvalue weighted by atomic mass is 16.4. The van der Waals surface area contributed by atoms with Crippen molar-refractivity contribution < 1.29 is 13.6 Å². The maximum atomic E-state index is 11.8. The number of carbonyl (C=O) groups excluding carboxylic acids is 1. The van der Waals surface area contributed by atoms with Crippen LogP contribution in [0.5, 0.6) is 0 Å². The van der Waals surface area contributed by atoms with Gasteiger partial charge in [0.15, 0.2) is 5.58 Å². The van der Waals surface area contributed by atoms with Crippen molar-refractivity contribution in [3.63, 3.8) is 0 Å². The number of aromatic amines is 1. The van der Waals surface area contributed by atoms with E-state index in [4.69, 9.17) is 8.83 Å². The van der Waals surface area contributed by atoms with E-state index in [1.54, 1.807) is 36.6 Å². The van der Waals surface area contributed by atoms with Gasteiger partial charge < -0.3 is 14.2 Å². The smallest absolute Gasteiger partial charge is 0.417 e. The highest BCUT2D eigenvalue weighted by molar-refractivity contribution is 5.80. The van der Waals surface area contributed by atoms with E-state index in [-0.39, 0.29) is 12.3 Å². The molecule has 1 aromatic carbocycles. The summed E-state index contributed by atoms with van der Waals surface area (Å²) in [6.07, 6.45) is 1.79. The molecule has 0 radical (unpaired) electrons. The second-order valence-corrected chi connectivity index (χ2v) is 4.38. The number of carbonyl (C=O) groups is 1. The molecule has 2 N–H and O–H groups in total. The molecule has 0 aliphatic carbocycles. The van der Waals surface area contributed by atoms with E-state index in [0.717, 1.165) is 5.56 Å². The second-order valence-electron chi connectivity index (χ2n) is 4.38. The zero-order valence-corrected chi connectivity index (χ0v) is 10.5. The second kappa shape index (κ2) is 5.08. The predicted molar refractivity (Wildman–Crippen MR) is 71.1 cm³/mol. The van der Waals surface area contributed by atoms with E-state index in [0.29, 0.717) is 23.4 Å². The van der Waals surface area contributed by atoms with Crippen molar-refractivity contribution in [2.75, 3.05) is 0 Å². The van der Waals surface area contributed by atoms with Crippen molar-refractivity contribution >= 4 is 17.0 Å². The van der Waals surface area contributed by atoms with E-state index in [9.17, 15) is 9.59 Å². The van der Waals surface area contributed by atoms with Gasteiger partial charge in [0, 0.05) is 0 Å². The highest BCUT2D eigenvalue weighted by Gasteiger charge is 2.07. The van der Waals surface area contributed by atoms with Crippen LogP contribution in [0.15, 0.2) is 50.2 Å². The molecule has 0 saturated carbocycles. The van der Waals surface area contributed by atoms with E-state index in [1.165, 1.54) is 0 Å². The number of hydrogen-bond acceptors (Lipinski definition) is 4. The first-order valence-electron chi connectivity index (χ1n) is 6.11. The fourth-order valence-corrected chi connectivity index (χ4v) is 1.96. The molecule has 3 aromatic rings. The lowest BCUT2D eigenvalue weighted by Gasteiger charge is -2.03. The normalized spacial score (nSPS) is 10.8. The van der Waals surface area contributed by atoms with Gasteiger partial charge in [0.1, 0.15) is 5.76 Å². The Kier molecular flexibility index (Phi) is 3.12. The van der Waals surface area contributed by atoms with Crippen LogP contribution in [-0.4, -0.2) is 10.9 Å². The molecule has 0 aliphatic heterocycles. The number of fused-ring (bicyclic) bond motifs is 1. The van der Waals surface area contributed by atoms with Gasteiger partial charge in [-0.05, 0) is 29.8 Å². The minimum atomic E-state index is -0.501. The van der Waals surface area contributed by atoms with E-state index >= 15 is 0 Å². The molecule has 20 heavy (non-hydrogen) atoms. The van der Waals surface area contributed by atoms with Crippen molar-refractivity contribution in [1.29, 1.82) is 0 Å². The molecule has 102 valence electrons. The van der Waals surface area contributed by atoms with Crippen LogP contribution in [0.1, 0.15) is 11.3 Å². The Hall–Kier alpha value is -2.76. The van der Waals surface area contributed by atoms with Crippen molar-refractivity contribution in [2.24, 2.45) is 0 Å². The van der Waals surface area contributed by atoms with Crippen LogP contribution >= 0.6 is 0 Å². The molecule has 0 saturated heterocycles. The molecule has 0 fully saturated rings. The van der Waals surface area contributed by atoms with Gasteiger partial charge in [0.05, 0.1) is 24.7 Å². The first-order valence-corrected chi connectivity index (χ1v) is 6.11. The van der Waals surface area contributed by atoms with Gasteiger partial charge in [0.25, 0.3) is 0 Å². The van der Waals surface area contributed by atoms with Crippen LogP contribution in [0.2, 0.25) is 0 Å². The van der Waals surface area contributed by atoms with Gasteiger partial charge in [0.2, 0.25) is 5.91 Å². The third-order valence-electron chi connectivity index (χ3n) is 2.89. The van der Waals surface area contributed by atoms with E-state index in [1.807, 2.05) is 0 Å². The molecular formula is C14H12N2O4. The van der Waals surface area contributed by atoms with Gasteiger partial charge in [-0.2, -0.15) is 0 Å². The molecule has 2 heterocycles. The van der Waals surface area contributed by atoms with Gasteiger partial charge in [-0.25, -0.2) is 4.79 Å². The van der Waals surface area contributed by atoms with E-state index in [2.05, 4.69) is 10.3 Å². The van der Waals surface area contributed by atoms with Gasteiger partial charge >= 0.3 is 5.76 Å². The van der Waals surface area contributed by atoms with Crippen molar-refractivity contribution in [1.82, 2.24) is 10.3 Å². The topological polar surface area (TPSA) is 88.2 Å². The summed E-state index contributed by atoms with van der Waals surface area (Å²) in [5.41, 5.74) is 1.87. The summed E-state index contributed by atoms with van der Waals surface area (Å²) in [5.74, 6) is 0.0824. The standard InChI is InChI=1S/C14H12N2O4/c17-13(15-8-10-2-1-5-19-10)7-9-3-4-12-11(6-9)16-14(18)20-12/h1-6H,7-8H2,(H,15,17)(H,16,18). The minimum absolute atomic E-state index is 0.119. The molecule has 0 bridgehead atoms. The lowest BCUT2D eigenvalue weighted by Crippen LogP contribution is -2.24. The fourth-order valence-electron chi connectivity index (χ4n) is 1.96. The number of furan rings is 1. The Labute approximate surface area is 113 Å². The van der Waals surface area contributed by atoms with Gasteiger partial charge in [-0.3, -0.25) is 9.78 Å². The number of amides is 1. The zero-order valence-electron chi connectivity index (χ0n) is 10.5. The molecule has 6 heteroatoms. The number of hydrogen-bond donors (Lipinski definition) is 2. The summed E-state index contributed by atoms with van der Waals surface area (Å²) >= 11 is 0. The first kappa shape index (κ1) is 12.3. The Morgan fingerprint density at radius 1 is 1.30 bits per heavy atom. The lowest BCUT2D eigenvalue weighted by atomic mass is 10.1. The summed E-state index contributed by atoms with van der Waals surface area (Å²) in [4.78, 5) is 25.4. The molecule has 2 aromatic heterocycles. The third-order valence-corrected chi connectivity index (χ3v) is 2.89. The quantitative estimate of drug-likeness (QED) is 0.754. The number of aromatic nitrogens is 1. The van der Waals surface area contributed by atoms with Crippen LogP contribution in [0, 0.1) is 0 Å². The van der Waals surface area contributed by atoms with Crippen LogP contribution < -0.4 is 11.1 Å². The molecule has 0 unspecified atom stereocenters. The van der Waals surface area contributed by atoms with Crippen LogP contribution in [0.25, 0.3) is 11.1 Å². The monoisotopic (exact) mass is 272 g/mol. The predicted octanol–water partition coefficient (Wildman–Crippen LogP) is 1.57. The summed E-state index contributed by atoms with van der Waals surface area (Å²) in [6.45, 7) is 0.358. The average Bonchev–Trinajstić information content (AvgIpc) is 3.04. The van der Waals surface area contributed by atoms with Crippen molar-refractivity contribution in [3.8, 4) is 0 Å². The Morgan fingerprint density at radius 3 is 3.00 bits per heavy atom. The third kappa shape index (κ3) is 2.64. The highest BCUT2D eigenvalue weighted by Crippen LogP contribution is 2.12. The Morgan fingerprint density at radius 2 is 2.20 bits per heavy atom. The van der Waals surface area contributed by atoms with Crippen LogP contribution in [0.4, 0.5) is 0 Å². The molecule has 1 amide bonds. The first-order chi connectivity index (χ1) is 9.70. The lowest BCUT2D eigenvalue weighted by molar-refractivity contribution is -0.120. The molecule has 0 aliphatic rings. The number of nitrogens with one attached hydrogen (secondary N) is 2. The molecular weight excluding hydrogens is 260 g/mol. The molecule has 0 spiro atoms. The number of H-pyrrole nitrogens is 1. The maximum absolute atomic E-state index is 11.8. The van der Waals surface area contributed by atoms with Crippen LogP contribution in [-0.2, 0) is 17.8 Å². The van der Waals surface area contributed by atoms with Crippen molar-refractivity contribution in [2.45, 2.75) is 13.0 Å². The number of benzene rings is 1. The maximum Gasteiger partial charge on any atom is 0.417 e.